The van der Waals surface area contributed by atoms with Gasteiger partial charge < -0.3 is 14.8 Å². The predicted octanol–water partition coefficient (Wildman–Crippen LogP) is 1.37. The zero-order valence-corrected chi connectivity index (χ0v) is 12.2. The molecule has 0 saturated carbocycles. The number of aromatic nitrogens is 1. The third kappa shape index (κ3) is 3.96. The molecule has 0 atom stereocenters. The van der Waals surface area contributed by atoms with Crippen LogP contribution in [0.15, 0.2) is 6.07 Å². The van der Waals surface area contributed by atoms with Gasteiger partial charge >= 0.3 is 0 Å². The summed E-state index contributed by atoms with van der Waals surface area (Å²) in [5.41, 5.74) is 3.02. The Labute approximate surface area is 110 Å². The number of Topliss-reactive ketones (excluding diaryl/α,β-unsaturated/α-hetero) is 1. The standard InChI is InChI=1S/C14H25N3O/c1-11-9-13(12(2)17(11)5)14(18)10-15-7-6-8-16(3)4/h9,15H,6-8,10H2,1-5H3. The highest BCUT2D eigenvalue weighted by molar-refractivity contribution is 5.99. The molecule has 102 valence electrons. The SMILES string of the molecule is Cc1cc(C(=O)CNCCCN(C)C)c(C)n1C. The molecule has 0 aliphatic carbocycles. The van der Waals surface area contributed by atoms with Gasteiger partial charge in [-0.3, -0.25) is 4.79 Å². The molecule has 1 heterocycles. The molecule has 4 heteroatoms. The highest BCUT2D eigenvalue weighted by atomic mass is 16.1. The van der Waals surface area contributed by atoms with Gasteiger partial charge in [0.1, 0.15) is 0 Å². The molecule has 18 heavy (non-hydrogen) atoms. The summed E-state index contributed by atoms with van der Waals surface area (Å²) in [7, 11) is 6.11. The summed E-state index contributed by atoms with van der Waals surface area (Å²) in [6.07, 6.45) is 1.06. The number of aryl methyl sites for hydroxylation is 1. The number of nitrogens with zero attached hydrogens (tertiary/aromatic N) is 2. The van der Waals surface area contributed by atoms with Gasteiger partial charge in [0.15, 0.2) is 5.78 Å². The van der Waals surface area contributed by atoms with Crippen LogP contribution in [0, 0.1) is 13.8 Å². The van der Waals surface area contributed by atoms with E-state index in [4.69, 9.17) is 0 Å². The van der Waals surface area contributed by atoms with Crippen molar-refractivity contribution in [2.24, 2.45) is 7.05 Å². The molecule has 1 aromatic heterocycles. The van der Waals surface area contributed by atoms with Crippen LogP contribution in [0.5, 0.6) is 0 Å². The van der Waals surface area contributed by atoms with Crippen LogP contribution < -0.4 is 5.32 Å². The maximum atomic E-state index is 12.0. The smallest absolute Gasteiger partial charge is 0.178 e. The third-order valence-electron chi connectivity index (χ3n) is 3.32. The lowest BCUT2D eigenvalue weighted by atomic mass is 10.1. The number of rotatable bonds is 7. The van der Waals surface area contributed by atoms with Gasteiger partial charge in [-0.05, 0) is 53.5 Å². The highest BCUT2D eigenvalue weighted by Gasteiger charge is 2.13. The molecular weight excluding hydrogens is 226 g/mol. The van der Waals surface area contributed by atoms with Gasteiger partial charge in [0.2, 0.25) is 0 Å². The van der Waals surface area contributed by atoms with E-state index in [1.807, 2.05) is 27.0 Å². The van der Waals surface area contributed by atoms with E-state index in [0.717, 1.165) is 36.5 Å². The summed E-state index contributed by atoms with van der Waals surface area (Å²) < 4.78 is 2.05. The molecule has 0 aromatic carbocycles. The molecular formula is C14H25N3O. The first kappa shape index (κ1) is 14.9. The van der Waals surface area contributed by atoms with Crippen molar-refractivity contribution in [3.63, 3.8) is 0 Å². The van der Waals surface area contributed by atoms with Crippen LogP contribution in [0.4, 0.5) is 0 Å². The minimum Gasteiger partial charge on any atom is -0.351 e. The monoisotopic (exact) mass is 251 g/mol. The van der Waals surface area contributed by atoms with E-state index in [-0.39, 0.29) is 5.78 Å². The zero-order valence-electron chi connectivity index (χ0n) is 12.2. The molecule has 0 saturated heterocycles. The lowest BCUT2D eigenvalue weighted by Crippen LogP contribution is -2.26. The fourth-order valence-corrected chi connectivity index (χ4v) is 1.96. The predicted molar refractivity (Wildman–Crippen MR) is 75.3 cm³/mol. The van der Waals surface area contributed by atoms with Gasteiger partial charge in [-0.15, -0.1) is 0 Å². The van der Waals surface area contributed by atoms with Gasteiger partial charge in [0.05, 0.1) is 6.54 Å². The summed E-state index contributed by atoms with van der Waals surface area (Å²) >= 11 is 0. The lowest BCUT2D eigenvalue weighted by molar-refractivity contribution is 0.0990. The Hall–Kier alpha value is -1.13. The second-order valence-electron chi connectivity index (χ2n) is 5.10. The fraction of sp³-hybridized carbons (Fsp3) is 0.643. The minimum atomic E-state index is 0.182. The van der Waals surface area contributed by atoms with Gasteiger partial charge in [0, 0.05) is 24.0 Å². The second-order valence-corrected chi connectivity index (χ2v) is 5.10. The number of carbonyl (C=O) groups is 1. The van der Waals surface area contributed by atoms with Gasteiger partial charge in [-0.2, -0.15) is 0 Å². The molecule has 0 spiro atoms. The molecule has 0 radical (unpaired) electrons. The number of hydrogen-bond acceptors (Lipinski definition) is 3. The van der Waals surface area contributed by atoms with Crippen LogP contribution in [0.25, 0.3) is 0 Å². The molecule has 4 nitrogen and oxygen atoms in total. The molecule has 0 aliphatic heterocycles. The van der Waals surface area contributed by atoms with Crippen molar-refractivity contribution >= 4 is 5.78 Å². The first-order valence-corrected chi connectivity index (χ1v) is 6.45. The van der Waals surface area contributed by atoms with Crippen molar-refractivity contribution in [2.45, 2.75) is 20.3 Å². The topological polar surface area (TPSA) is 37.3 Å². The lowest BCUT2D eigenvalue weighted by Gasteiger charge is -2.09. The number of nitrogens with one attached hydrogen (secondary N) is 1. The van der Waals surface area contributed by atoms with Crippen LogP contribution in [0.3, 0.4) is 0 Å². The fourth-order valence-electron chi connectivity index (χ4n) is 1.96. The first-order valence-electron chi connectivity index (χ1n) is 6.45. The van der Waals surface area contributed by atoms with Crippen molar-refractivity contribution < 1.29 is 4.79 Å². The Balaban J connectivity index is 2.39. The van der Waals surface area contributed by atoms with Crippen molar-refractivity contribution in [1.29, 1.82) is 0 Å². The largest absolute Gasteiger partial charge is 0.351 e. The Morgan fingerprint density at radius 1 is 1.39 bits per heavy atom. The molecule has 1 rings (SSSR count). The average Bonchev–Trinajstić information content (AvgIpc) is 2.56. The zero-order chi connectivity index (χ0) is 13.7. The quantitative estimate of drug-likeness (QED) is 0.587. The van der Waals surface area contributed by atoms with Crippen molar-refractivity contribution in [1.82, 2.24) is 14.8 Å². The normalized spacial score (nSPS) is 11.2. The summed E-state index contributed by atoms with van der Waals surface area (Å²) in [5, 5.41) is 3.21. The summed E-state index contributed by atoms with van der Waals surface area (Å²) in [6, 6.07) is 1.97. The van der Waals surface area contributed by atoms with Crippen molar-refractivity contribution in [3.8, 4) is 0 Å². The molecule has 0 bridgehead atoms. The molecule has 0 fully saturated rings. The van der Waals surface area contributed by atoms with E-state index < -0.39 is 0 Å². The maximum absolute atomic E-state index is 12.0. The summed E-state index contributed by atoms with van der Waals surface area (Å²) in [4.78, 5) is 14.2. The number of hydrogen-bond donors (Lipinski definition) is 1. The Kier molecular flexibility index (Phi) is 5.56. The third-order valence-corrected chi connectivity index (χ3v) is 3.32. The molecule has 0 amide bonds. The Morgan fingerprint density at radius 2 is 2.06 bits per heavy atom. The minimum absolute atomic E-state index is 0.182. The van der Waals surface area contributed by atoms with Crippen LogP contribution in [-0.4, -0.2) is 49.0 Å². The van der Waals surface area contributed by atoms with Crippen LogP contribution in [0.2, 0.25) is 0 Å². The molecule has 1 N–H and O–H groups in total. The van der Waals surface area contributed by atoms with E-state index >= 15 is 0 Å². The van der Waals surface area contributed by atoms with Gasteiger partial charge in [-0.1, -0.05) is 0 Å². The Morgan fingerprint density at radius 3 is 2.56 bits per heavy atom. The summed E-state index contributed by atoms with van der Waals surface area (Å²) in [5.74, 6) is 0.182. The van der Waals surface area contributed by atoms with E-state index in [1.54, 1.807) is 0 Å². The van der Waals surface area contributed by atoms with Gasteiger partial charge in [0.25, 0.3) is 0 Å². The van der Waals surface area contributed by atoms with E-state index in [1.165, 1.54) is 0 Å². The second kappa shape index (κ2) is 6.71. The van der Waals surface area contributed by atoms with Crippen LogP contribution >= 0.6 is 0 Å². The molecule has 0 unspecified atom stereocenters. The van der Waals surface area contributed by atoms with Crippen molar-refractivity contribution in [3.05, 3.63) is 23.0 Å². The molecule has 1 aromatic rings. The Bertz CT molecular complexity index is 407. The summed E-state index contributed by atoms with van der Waals surface area (Å²) in [6.45, 7) is 6.37. The van der Waals surface area contributed by atoms with Crippen molar-refractivity contribution in [2.75, 3.05) is 33.7 Å². The van der Waals surface area contributed by atoms with E-state index in [0.29, 0.717) is 6.54 Å². The maximum Gasteiger partial charge on any atom is 0.178 e. The molecule has 0 aliphatic rings. The average molecular weight is 251 g/mol. The van der Waals surface area contributed by atoms with E-state index in [9.17, 15) is 4.79 Å². The van der Waals surface area contributed by atoms with E-state index in [2.05, 4.69) is 28.9 Å². The highest BCUT2D eigenvalue weighted by Crippen LogP contribution is 2.13. The number of carbonyl (C=O) groups excluding carboxylic acids is 1. The van der Waals surface area contributed by atoms with Crippen LogP contribution in [-0.2, 0) is 7.05 Å². The first-order chi connectivity index (χ1) is 8.43. The van der Waals surface area contributed by atoms with Gasteiger partial charge in [-0.25, -0.2) is 0 Å². The van der Waals surface area contributed by atoms with Crippen LogP contribution in [0.1, 0.15) is 28.2 Å². The number of ketones is 1.